The molecule has 0 saturated heterocycles. The third kappa shape index (κ3) is 5.68. The van der Waals surface area contributed by atoms with Gasteiger partial charge in [-0.1, -0.05) is 0 Å². The van der Waals surface area contributed by atoms with Gasteiger partial charge in [0.25, 0.3) is 5.91 Å². The summed E-state index contributed by atoms with van der Waals surface area (Å²) >= 11 is 0. The smallest absolute Gasteiger partial charge is 0.257 e. The Morgan fingerprint density at radius 3 is 2.48 bits per heavy atom. The highest BCUT2D eigenvalue weighted by atomic mass is 16.4. The van der Waals surface area contributed by atoms with Crippen LogP contribution in [0.1, 0.15) is 26.2 Å². The van der Waals surface area contributed by atoms with Crippen molar-refractivity contribution in [3.8, 4) is 0 Å². The van der Waals surface area contributed by atoms with E-state index in [2.05, 4.69) is 5.32 Å². The van der Waals surface area contributed by atoms with E-state index in [1.54, 1.807) is 0 Å². The zero-order valence-electron chi connectivity index (χ0n) is 12.7. The lowest BCUT2D eigenvalue weighted by molar-refractivity contribution is -0.129. The van der Waals surface area contributed by atoms with Gasteiger partial charge in [-0.2, -0.15) is 0 Å². The number of ketones is 1. The first-order chi connectivity index (χ1) is 10.8. The first-order valence-corrected chi connectivity index (χ1v) is 7.16. The average molecular weight is 327 g/mol. The Morgan fingerprint density at radius 2 is 1.91 bits per heavy atom. The van der Waals surface area contributed by atoms with Crippen LogP contribution in [0.3, 0.4) is 0 Å². The van der Waals surface area contributed by atoms with Crippen molar-refractivity contribution in [3.63, 3.8) is 0 Å². The molecule has 0 bridgehead atoms. The van der Waals surface area contributed by atoms with Crippen LogP contribution in [0.15, 0.2) is 23.3 Å². The molecule has 8 heteroatoms. The second-order valence-electron chi connectivity index (χ2n) is 5.36. The van der Waals surface area contributed by atoms with E-state index in [0.29, 0.717) is 5.57 Å². The molecule has 1 rings (SSSR count). The lowest BCUT2D eigenvalue weighted by Crippen LogP contribution is -2.40. The minimum Gasteiger partial charge on any atom is -0.394 e. The lowest BCUT2D eigenvalue weighted by Gasteiger charge is -2.23. The number of amides is 2. The second-order valence-corrected chi connectivity index (χ2v) is 5.36. The standard InChI is InChI=1S/C15H21NO7/c1-8(18)2-4-10-9(6-13(21)16-15(10)23)3-5-11(19)14(22)12(20)7-17/h2,4,11-12,14,17,19-20,22H,3,5-7H2,1H3,(H,16,21,23)/b4-2+/t11-,12+,14-/m0/s1. The largest absolute Gasteiger partial charge is 0.394 e. The van der Waals surface area contributed by atoms with Crippen LogP contribution in [0.5, 0.6) is 0 Å². The summed E-state index contributed by atoms with van der Waals surface area (Å²) < 4.78 is 0. The number of carbonyl (C=O) groups is 3. The molecule has 3 atom stereocenters. The third-order valence-electron chi connectivity index (χ3n) is 3.45. The van der Waals surface area contributed by atoms with Gasteiger partial charge in [0, 0.05) is 12.0 Å². The predicted molar refractivity (Wildman–Crippen MR) is 79.0 cm³/mol. The Balaban J connectivity index is 2.86. The summed E-state index contributed by atoms with van der Waals surface area (Å²) in [6.45, 7) is 0.618. The fourth-order valence-corrected chi connectivity index (χ4v) is 2.16. The molecular weight excluding hydrogens is 306 g/mol. The van der Waals surface area contributed by atoms with Crippen molar-refractivity contribution in [2.24, 2.45) is 0 Å². The maximum atomic E-state index is 11.8. The van der Waals surface area contributed by atoms with Crippen LogP contribution in [-0.2, 0) is 14.4 Å². The highest BCUT2D eigenvalue weighted by Crippen LogP contribution is 2.22. The fourth-order valence-electron chi connectivity index (χ4n) is 2.16. The van der Waals surface area contributed by atoms with Crippen molar-refractivity contribution in [2.75, 3.05) is 6.61 Å². The van der Waals surface area contributed by atoms with Gasteiger partial charge in [-0.05, 0) is 37.5 Å². The number of carbonyl (C=O) groups excluding carboxylic acids is 3. The Morgan fingerprint density at radius 1 is 1.26 bits per heavy atom. The van der Waals surface area contributed by atoms with Crippen LogP contribution in [0.4, 0.5) is 0 Å². The molecule has 5 N–H and O–H groups in total. The maximum absolute atomic E-state index is 11.8. The number of aliphatic hydroxyl groups excluding tert-OH is 4. The number of allylic oxidation sites excluding steroid dienone is 1. The highest BCUT2D eigenvalue weighted by molar-refractivity contribution is 6.10. The lowest BCUT2D eigenvalue weighted by atomic mass is 9.92. The average Bonchev–Trinajstić information content (AvgIpc) is 2.49. The molecule has 8 nitrogen and oxygen atoms in total. The molecule has 0 saturated carbocycles. The van der Waals surface area contributed by atoms with Crippen LogP contribution < -0.4 is 5.32 Å². The molecule has 0 aromatic rings. The molecule has 128 valence electrons. The van der Waals surface area contributed by atoms with Crippen molar-refractivity contribution in [2.45, 2.75) is 44.5 Å². The number of nitrogens with one attached hydrogen (secondary N) is 1. The number of imide groups is 1. The summed E-state index contributed by atoms with van der Waals surface area (Å²) in [5, 5.41) is 39.5. The van der Waals surface area contributed by atoms with Crippen molar-refractivity contribution >= 4 is 17.6 Å². The summed E-state index contributed by atoms with van der Waals surface area (Å²) in [6, 6.07) is 0. The van der Waals surface area contributed by atoms with Gasteiger partial charge in [0.2, 0.25) is 5.91 Å². The Kier molecular flexibility index (Phi) is 7.24. The topological polar surface area (TPSA) is 144 Å². The fraction of sp³-hybridized carbons (Fsp3) is 0.533. The van der Waals surface area contributed by atoms with Crippen LogP contribution in [0, 0.1) is 0 Å². The molecule has 0 spiro atoms. The predicted octanol–water partition coefficient (Wildman–Crippen LogP) is -1.67. The molecule has 0 radical (unpaired) electrons. The molecule has 0 unspecified atom stereocenters. The zero-order valence-corrected chi connectivity index (χ0v) is 12.7. The summed E-state index contributed by atoms with van der Waals surface area (Å²) in [5.74, 6) is -1.38. The Bertz CT molecular complexity index is 538. The maximum Gasteiger partial charge on any atom is 0.257 e. The molecule has 0 aromatic carbocycles. The van der Waals surface area contributed by atoms with E-state index in [1.807, 2.05) is 0 Å². The van der Waals surface area contributed by atoms with Gasteiger partial charge in [-0.25, -0.2) is 0 Å². The van der Waals surface area contributed by atoms with Crippen molar-refractivity contribution in [1.29, 1.82) is 0 Å². The highest BCUT2D eigenvalue weighted by Gasteiger charge is 2.27. The third-order valence-corrected chi connectivity index (χ3v) is 3.45. The minimum absolute atomic E-state index is 0.0223. The van der Waals surface area contributed by atoms with Gasteiger partial charge in [0.1, 0.15) is 12.2 Å². The molecule has 1 aliphatic rings. The van der Waals surface area contributed by atoms with Gasteiger partial charge in [0.15, 0.2) is 5.78 Å². The second kappa shape index (κ2) is 8.68. The number of hydrogen-bond donors (Lipinski definition) is 5. The molecule has 0 fully saturated rings. The Labute approximate surface area is 133 Å². The van der Waals surface area contributed by atoms with Gasteiger partial charge in [-0.15, -0.1) is 0 Å². The first-order valence-electron chi connectivity index (χ1n) is 7.16. The van der Waals surface area contributed by atoms with E-state index in [-0.39, 0.29) is 30.6 Å². The van der Waals surface area contributed by atoms with Crippen LogP contribution >= 0.6 is 0 Å². The van der Waals surface area contributed by atoms with Gasteiger partial charge < -0.3 is 20.4 Å². The number of aliphatic hydroxyl groups is 4. The van der Waals surface area contributed by atoms with Crippen molar-refractivity contribution < 1.29 is 34.8 Å². The van der Waals surface area contributed by atoms with Crippen molar-refractivity contribution in [3.05, 3.63) is 23.3 Å². The molecule has 0 aromatic heterocycles. The van der Waals surface area contributed by atoms with Crippen LogP contribution in [0.2, 0.25) is 0 Å². The van der Waals surface area contributed by atoms with E-state index >= 15 is 0 Å². The molecule has 1 aliphatic heterocycles. The number of hydrogen-bond acceptors (Lipinski definition) is 7. The van der Waals surface area contributed by atoms with E-state index < -0.39 is 36.7 Å². The van der Waals surface area contributed by atoms with Gasteiger partial charge >= 0.3 is 0 Å². The SMILES string of the molecule is CC(=O)/C=C/C1=C(CC[C@H](O)[C@H](O)[C@H](O)CO)CC(=O)NC1=O. The van der Waals surface area contributed by atoms with Gasteiger partial charge in [0.05, 0.1) is 12.7 Å². The summed E-state index contributed by atoms with van der Waals surface area (Å²) in [4.78, 5) is 34.3. The number of rotatable bonds is 8. The van der Waals surface area contributed by atoms with E-state index in [1.165, 1.54) is 19.1 Å². The van der Waals surface area contributed by atoms with Crippen LogP contribution in [-0.4, -0.2) is 62.9 Å². The van der Waals surface area contributed by atoms with Gasteiger partial charge in [-0.3, -0.25) is 19.7 Å². The summed E-state index contributed by atoms with van der Waals surface area (Å²) in [5.41, 5.74) is 0.602. The molecule has 23 heavy (non-hydrogen) atoms. The summed E-state index contributed by atoms with van der Waals surface area (Å²) in [7, 11) is 0. The quantitative estimate of drug-likeness (QED) is 0.265. The molecule has 2 amide bonds. The normalized spacial score (nSPS) is 19.7. The zero-order chi connectivity index (χ0) is 17.6. The first kappa shape index (κ1) is 19.2. The van der Waals surface area contributed by atoms with Crippen LogP contribution in [0.25, 0.3) is 0 Å². The van der Waals surface area contributed by atoms with E-state index in [0.717, 1.165) is 0 Å². The minimum atomic E-state index is -1.54. The van der Waals surface area contributed by atoms with Crippen molar-refractivity contribution in [1.82, 2.24) is 5.32 Å². The van der Waals surface area contributed by atoms with E-state index in [9.17, 15) is 29.7 Å². The molecule has 1 heterocycles. The Hall–Kier alpha value is -1.87. The van der Waals surface area contributed by atoms with E-state index in [4.69, 9.17) is 5.11 Å². The molecular formula is C15H21NO7. The summed E-state index contributed by atoms with van der Waals surface area (Å²) in [6.07, 6.45) is -1.80. The molecule has 0 aliphatic carbocycles. The monoisotopic (exact) mass is 327 g/mol.